The molecule has 0 amide bonds. The van der Waals surface area contributed by atoms with Crippen LogP contribution in [-0.4, -0.2) is 14.9 Å². The van der Waals surface area contributed by atoms with Crippen molar-refractivity contribution >= 4 is 53.5 Å². The molecule has 0 aliphatic carbocycles. The minimum Gasteiger partial charge on any atom is -0.417 e. The van der Waals surface area contributed by atoms with Gasteiger partial charge >= 0.3 is 0 Å². The average Bonchev–Trinajstić information content (AvgIpc) is 2.08. The standard InChI is InChI=1S/C12H24I2OSi/c1-12(2,3)16(4,5)15-10-8-6-7-9-11(13)14/h9H,6-8,10H2,1-5H3. The van der Waals surface area contributed by atoms with Gasteiger partial charge in [-0.25, -0.2) is 0 Å². The molecule has 4 heteroatoms. The molecule has 0 aliphatic heterocycles. The molecular weight excluding hydrogens is 442 g/mol. The summed E-state index contributed by atoms with van der Waals surface area (Å²) in [5.74, 6) is 0. The first kappa shape index (κ1) is 17.4. The van der Waals surface area contributed by atoms with E-state index in [1.807, 2.05) is 0 Å². The summed E-state index contributed by atoms with van der Waals surface area (Å²) >= 11 is 4.70. The summed E-state index contributed by atoms with van der Waals surface area (Å²) in [5.41, 5.74) is 0. The van der Waals surface area contributed by atoms with Gasteiger partial charge in [0.1, 0.15) is 0 Å². The molecule has 0 fully saturated rings. The fourth-order valence-electron chi connectivity index (χ4n) is 1.00. The Morgan fingerprint density at radius 2 is 1.75 bits per heavy atom. The van der Waals surface area contributed by atoms with Crippen molar-refractivity contribution in [2.45, 2.75) is 58.2 Å². The van der Waals surface area contributed by atoms with Crippen LogP contribution in [0.3, 0.4) is 0 Å². The fraction of sp³-hybridized carbons (Fsp3) is 0.833. The van der Waals surface area contributed by atoms with E-state index in [1.54, 1.807) is 0 Å². The molecule has 0 saturated carbocycles. The van der Waals surface area contributed by atoms with Crippen molar-refractivity contribution in [2.24, 2.45) is 0 Å². The summed E-state index contributed by atoms with van der Waals surface area (Å²) in [6.07, 6.45) is 5.89. The monoisotopic (exact) mass is 466 g/mol. The van der Waals surface area contributed by atoms with E-state index in [2.05, 4.69) is 85.1 Å². The molecule has 0 rings (SSSR count). The highest BCUT2D eigenvalue weighted by atomic mass is 127. The lowest BCUT2D eigenvalue weighted by atomic mass is 10.2. The van der Waals surface area contributed by atoms with Crippen LogP contribution in [0.2, 0.25) is 18.1 Å². The zero-order valence-electron chi connectivity index (χ0n) is 11.1. The number of hydrogen-bond acceptors (Lipinski definition) is 1. The van der Waals surface area contributed by atoms with Crippen molar-refractivity contribution in [3.63, 3.8) is 0 Å². The van der Waals surface area contributed by atoms with Gasteiger partial charge in [0.2, 0.25) is 0 Å². The molecule has 0 atom stereocenters. The molecule has 0 spiro atoms. The smallest absolute Gasteiger partial charge is 0.191 e. The quantitative estimate of drug-likeness (QED) is 0.270. The Labute approximate surface area is 129 Å². The van der Waals surface area contributed by atoms with Gasteiger partial charge in [-0.2, -0.15) is 0 Å². The van der Waals surface area contributed by atoms with E-state index in [0.29, 0.717) is 5.04 Å². The highest BCUT2D eigenvalue weighted by Crippen LogP contribution is 2.36. The van der Waals surface area contributed by atoms with Crippen molar-refractivity contribution in [1.29, 1.82) is 0 Å². The molecular formula is C12H24I2OSi. The van der Waals surface area contributed by atoms with Gasteiger partial charge in [-0.1, -0.05) is 26.8 Å². The minimum atomic E-state index is -1.51. The molecule has 0 unspecified atom stereocenters. The summed E-state index contributed by atoms with van der Waals surface area (Å²) in [6.45, 7) is 12.4. The largest absolute Gasteiger partial charge is 0.417 e. The molecule has 0 saturated heterocycles. The Morgan fingerprint density at radius 3 is 2.19 bits per heavy atom. The highest BCUT2D eigenvalue weighted by molar-refractivity contribution is 14.2. The lowest BCUT2D eigenvalue weighted by molar-refractivity contribution is 0.279. The van der Waals surface area contributed by atoms with E-state index in [9.17, 15) is 0 Å². The number of hydrogen-bond donors (Lipinski definition) is 0. The number of allylic oxidation sites excluding steroid dienone is 1. The van der Waals surface area contributed by atoms with Gasteiger partial charge in [0.15, 0.2) is 8.32 Å². The van der Waals surface area contributed by atoms with Crippen molar-refractivity contribution < 1.29 is 4.43 Å². The van der Waals surface area contributed by atoms with Crippen molar-refractivity contribution in [1.82, 2.24) is 0 Å². The van der Waals surface area contributed by atoms with E-state index < -0.39 is 8.32 Å². The third kappa shape index (κ3) is 7.65. The molecule has 0 bridgehead atoms. The van der Waals surface area contributed by atoms with E-state index in [0.717, 1.165) is 6.61 Å². The molecule has 1 nitrogen and oxygen atoms in total. The van der Waals surface area contributed by atoms with Gasteiger partial charge in [0.05, 0.1) is 0 Å². The van der Waals surface area contributed by atoms with Crippen LogP contribution in [0.25, 0.3) is 0 Å². The Balaban J connectivity index is 3.71. The lowest BCUT2D eigenvalue weighted by Gasteiger charge is -2.36. The minimum absolute atomic E-state index is 0.338. The van der Waals surface area contributed by atoms with Crippen molar-refractivity contribution in [2.75, 3.05) is 6.61 Å². The van der Waals surface area contributed by atoms with Crippen molar-refractivity contribution in [3.8, 4) is 0 Å². The highest BCUT2D eigenvalue weighted by Gasteiger charge is 2.36. The second-order valence-corrected chi connectivity index (χ2v) is 14.8. The topological polar surface area (TPSA) is 9.23 Å². The van der Waals surface area contributed by atoms with Crippen LogP contribution in [0.15, 0.2) is 7.66 Å². The molecule has 0 N–H and O–H groups in total. The van der Waals surface area contributed by atoms with Crippen LogP contribution in [0.1, 0.15) is 40.0 Å². The summed E-state index contributed by atoms with van der Waals surface area (Å²) in [4.78, 5) is 0. The predicted octanol–water partition coefficient (Wildman–Crippen LogP) is 5.89. The van der Waals surface area contributed by atoms with Crippen LogP contribution >= 0.6 is 45.2 Å². The maximum absolute atomic E-state index is 6.12. The number of halogens is 2. The zero-order chi connectivity index (χ0) is 12.8. The Hall–Kier alpha value is 1.38. The molecule has 16 heavy (non-hydrogen) atoms. The first-order valence-electron chi connectivity index (χ1n) is 5.82. The molecule has 96 valence electrons. The first-order chi connectivity index (χ1) is 7.17. The summed E-state index contributed by atoms with van der Waals surface area (Å²) in [7, 11) is -1.51. The van der Waals surface area contributed by atoms with Gasteiger partial charge in [0, 0.05) is 8.19 Å². The third-order valence-corrected chi connectivity index (χ3v) is 8.59. The molecule has 0 aromatic carbocycles. The van der Waals surface area contributed by atoms with Gasteiger partial charge < -0.3 is 4.43 Å². The van der Waals surface area contributed by atoms with Crippen LogP contribution in [0.4, 0.5) is 0 Å². The zero-order valence-corrected chi connectivity index (χ0v) is 16.4. The lowest BCUT2D eigenvalue weighted by Crippen LogP contribution is -2.40. The van der Waals surface area contributed by atoms with Crippen LogP contribution < -0.4 is 0 Å². The van der Waals surface area contributed by atoms with Crippen molar-refractivity contribution in [3.05, 3.63) is 7.66 Å². The van der Waals surface area contributed by atoms with Crippen LogP contribution in [0, 0.1) is 0 Å². The predicted molar refractivity (Wildman–Crippen MR) is 93.1 cm³/mol. The molecule has 0 aliphatic rings. The Bertz CT molecular complexity index is 228. The second kappa shape index (κ2) is 7.73. The van der Waals surface area contributed by atoms with Gasteiger partial charge in [0.25, 0.3) is 0 Å². The molecule has 0 aromatic heterocycles. The molecule has 0 aromatic rings. The number of unbranched alkanes of at least 4 members (excludes halogenated alkanes) is 2. The van der Waals surface area contributed by atoms with Gasteiger partial charge in [-0.05, 0) is 82.6 Å². The summed E-state index contributed by atoms with van der Waals surface area (Å²) in [6, 6.07) is 0. The van der Waals surface area contributed by atoms with E-state index in [4.69, 9.17) is 4.43 Å². The maximum Gasteiger partial charge on any atom is 0.191 e. The second-order valence-electron chi connectivity index (χ2n) is 5.60. The van der Waals surface area contributed by atoms with E-state index >= 15 is 0 Å². The molecule has 0 heterocycles. The SMILES string of the molecule is CC(C)(C)[Si](C)(C)OCCCCC=C(I)I. The third-order valence-electron chi connectivity index (χ3n) is 3.17. The summed E-state index contributed by atoms with van der Waals surface area (Å²) < 4.78 is 7.48. The molecule has 0 radical (unpaired) electrons. The Kier molecular flexibility index (Phi) is 8.40. The number of rotatable bonds is 6. The average molecular weight is 466 g/mol. The summed E-state index contributed by atoms with van der Waals surface area (Å²) in [5, 5.41) is 0.338. The fourth-order valence-corrected chi connectivity index (χ4v) is 2.71. The van der Waals surface area contributed by atoms with Crippen LogP contribution in [0.5, 0.6) is 0 Å². The maximum atomic E-state index is 6.12. The van der Waals surface area contributed by atoms with E-state index in [1.165, 1.54) is 20.8 Å². The van der Waals surface area contributed by atoms with Crippen LogP contribution in [-0.2, 0) is 4.43 Å². The Morgan fingerprint density at radius 1 is 1.19 bits per heavy atom. The van der Waals surface area contributed by atoms with Gasteiger partial charge in [-0.15, -0.1) is 0 Å². The first-order valence-corrected chi connectivity index (χ1v) is 10.9. The van der Waals surface area contributed by atoms with Gasteiger partial charge in [-0.3, -0.25) is 0 Å². The van der Waals surface area contributed by atoms with E-state index in [-0.39, 0.29) is 0 Å². The normalized spacial score (nSPS) is 12.7.